The van der Waals surface area contributed by atoms with Crippen LogP contribution in [0.3, 0.4) is 0 Å². The largest absolute Gasteiger partial charge is 0.493 e. The van der Waals surface area contributed by atoms with Crippen molar-refractivity contribution in [3.05, 3.63) is 22.2 Å². The Morgan fingerprint density at radius 3 is 2.71 bits per heavy atom. The van der Waals surface area contributed by atoms with Gasteiger partial charge >= 0.3 is 5.97 Å². The number of methoxy groups -OCH3 is 2. The van der Waals surface area contributed by atoms with Crippen molar-refractivity contribution in [2.24, 2.45) is 0 Å². The Bertz CT molecular complexity index is 481. The lowest BCUT2D eigenvalue weighted by molar-refractivity contribution is -0.144. The summed E-state index contributed by atoms with van der Waals surface area (Å²) in [5.74, 6) is -0.164. The van der Waals surface area contributed by atoms with Crippen molar-refractivity contribution in [3.63, 3.8) is 0 Å². The second kappa shape index (κ2) is 8.86. The van der Waals surface area contributed by atoms with Gasteiger partial charge in [0.25, 0.3) is 0 Å². The van der Waals surface area contributed by atoms with Crippen molar-refractivity contribution in [2.45, 2.75) is 19.6 Å². The average Bonchev–Trinajstić information content (AvgIpc) is 2.45. The Kier molecular flexibility index (Phi) is 7.49. The van der Waals surface area contributed by atoms with Gasteiger partial charge in [-0.3, -0.25) is 0 Å². The zero-order valence-corrected chi connectivity index (χ0v) is 13.9. The van der Waals surface area contributed by atoms with Crippen LogP contribution in [0.2, 0.25) is 0 Å². The molecule has 118 valence electrons. The fourth-order valence-corrected chi connectivity index (χ4v) is 2.21. The molecule has 1 unspecified atom stereocenters. The van der Waals surface area contributed by atoms with Gasteiger partial charge in [-0.05, 0) is 40.5 Å². The van der Waals surface area contributed by atoms with E-state index in [1.54, 1.807) is 7.11 Å². The highest BCUT2D eigenvalue weighted by atomic mass is 79.9. The molecule has 0 fully saturated rings. The predicted octanol–water partition coefficient (Wildman–Crippen LogP) is 2.05. The maximum atomic E-state index is 10.9. The highest BCUT2D eigenvalue weighted by molar-refractivity contribution is 9.10. The standard InChI is InChI=1S/C14H20BrNO5/c1-9(14(17)18)21-13-11(15)6-10(7-12(13)20-3)8-16-4-5-19-2/h6-7,9,16H,4-5,8H2,1-3H3,(H,17,18). The number of nitrogens with one attached hydrogen (secondary N) is 1. The Morgan fingerprint density at radius 1 is 1.43 bits per heavy atom. The smallest absolute Gasteiger partial charge is 0.344 e. The summed E-state index contributed by atoms with van der Waals surface area (Å²) in [5, 5.41) is 12.1. The van der Waals surface area contributed by atoms with E-state index in [2.05, 4.69) is 21.2 Å². The summed E-state index contributed by atoms with van der Waals surface area (Å²) in [5.41, 5.74) is 0.991. The van der Waals surface area contributed by atoms with Crippen LogP contribution in [-0.2, 0) is 16.1 Å². The number of hydrogen-bond donors (Lipinski definition) is 2. The molecule has 0 aliphatic carbocycles. The molecule has 0 aliphatic heterocycles. The Labute approximate surface area is 132 Å². The summed E-state index contributed by atoms with van der Waals surface area (Å²) in [4.78, 5) is 10.9. The molecule has 0 radical (unpaired) electrons. The van der Waals surface area contributed by atoms with Crippen LogP contribution >= 0.6 is 15.9 Å². The van der Waals surface area contributed by atoms with Crippen LogP contribution in [-0.4, -0.2) is 44.6 Å². The summed E-state index contributed by atoms with van der Waals surface area (Å²) in [7, 11) is 3.17. The van der Waals surface area contributed by atoms with Gasteiger partial charge in [0.2, 0.25) is 0 Å². The quantitative estimate of drug-likeness (QED) is 0.655. The van der Waals surface area contributed by atoms with Gasteiger partial charge in [-0.15, -0.1) is 0 Å². The van der Waals surface area contributed by atoms with E-state index in [0.29, 0.717) is 29.1 Å². The topological polar surface area (TPSA) is 77.0 Å². The van der Waals surface area contributed by atoms with Gasteiger partial charge in [0.05, 0.1) is 18.2 Å². The molecule has 7 heteroatoms. The molecule has 0 aromatic heterocycles. The minimum Gasteiger partial charge on any atom is -0.493 e. The summed E-state index contributed by atoms with van der Waals surface area (Å²) < 4.78 is 16.3. The fourth-order valence-electron chi connectivity index (χ4n) is 1.62. The van der Waals surface area contributed by atoms with Crippen molar-refractivity contribution in [1.82, 2.24) is 5.32 Å². The van der Waals surface area contributed by atoms with Gasteiger partial charge in [-0.1, -0.05) is 0 Å². The Morgan fingerprint density at radius 2 is 2.14 bits per heavy atom. The van der Waals surface area contributed by atoms with Gasteiger partial charge in [0, 0.05) is 20.2 Å². The minimum absolute atomic E-state index is 0.382. The molecule has 21 heavy (non-hydrogen) atoms. The van der Waals surface area contributed by atoms with Crippen LogP contribution in [0.25, 0.3) is 0 Å². The molecular formula is C14H20BrNO5. The van der Waals surface area contributed by atoms with Gasteiger partial charge in [-0.2, -0.15) is 0 Å². The second-order valence-corrected chi connectivity index (χ2v) is 5.23. The zero-order chi connectivity index (χ0) is 15.8. The minimum atomic E-state index is -1.03. The van der Waals surface area contributed by atoms with Gasteiger partial charge in [0.1, 0.15) is 0 Å². The van der Waals surface area contributed by atoms with E-state index < -0.39 is 12.1 Å². The molecular weight excluding hydrogens is 342 g/mol. The Hall–Kier alpha value is -1.31. The summed E-state index contributed by atoms with van der Waals surface area (Å²) in [6.07, 6.45) is -0.958. The summed E-state index contributed by atoms with van der Waals surface area (Å²) >= 11 is 3.39. The van der Waals surface area contributed by atoms with Crippen molar-refractivity contribution in [3.8, 4) is 11.5 Å². The fraction of sp³-hybridized carbons (Fsp3) is 0.500. The van der Waals surface area contributed by atoms with E-state index in [1.165, 1.54) is 14.0 Å². The number of ether oxygens (including phenoxy) is 3. The number of rotatable bonds is 9. The zero-order valence-electron chi connectivity index (χ0n) is 12.3. The normalized spacial score (nSPS) is 12.0. The van der Waals surface area contributed by atoms with Crippen molar-refractivity contribution >= 4 is 21.9 Å². The molecule has 6 nitrogen and oxygen atoms in total. The number of carboxylic acid groups (broad SMARTS) is 1. The maximum absolute atomic E-state index is 10.9. The van der Waals surface area contributed by atoms with Gasteiger partial charge in [-0.25, -0.2) is 4.79 Å². The van der Waals surface area contributed by atoms with E-state index in [4.69, 9.17) is 19.3 Å². The molecule has 0 amide bonds. The number of carbonyl (C=O) groups is 1. The number of aliphatic carboxylic acids is 1. The van der Waals surface area contributed by atoms with Crippen molar-refractivity contribution in [2.75, 3.05) is 27.4 Å². The lowest BCUT2D eigenvalue weighted by atomic mass is 10.2. The molecule has 1 atom stereocenters. The molecule has 0 saturated heterocycles. The maximum Gasteiger partial charge on any atom is 0.344 e. The number of carboxylic acids is 1. The summed E-state index contributed by atoms with van der Waals surface area (Å²) in [6, 6.07) is 3.68. The second-order valence-electron chi connectivity index (χ2n) is 4.38. The highest BCUT2D eigenvalue weighted by Crippen LogP contribution is 2.37. The Balaban J connectivity index is 2.84. The van der Waals surface area contributed by atoms with E-state index in [-0.39, 0.29) is 0 Å². The van der Waals surface area contributed by atoms with Crippen LogP contribution < -0.4 is 14.8 Å². The molecule has 0 heterocycles. The first kappa shape index (κ1) is 17.7. The van der Waals surface area contributed by atoms with Crippen LogP contribution in [0.5, 0.6) is 11.5 Å². The number of benzene rings is 1. The van der Waals surface area contributed by atoms with Crippen LogP contribution in [0.1, 0.15) is 12.5 Å². The first-order valence-electron chi connectivity index (χ1n) is 6.45. The molecule has 0 spiro atoms. The van der Waals surface area contributed by atoms with E-state index >= 15 is 0 Å². The monoisotopic (exact) mass is 361 g/mol. The van der Waals surface area contributed by atoms with Crippen molar-refractivity contribution in [1.29, 1.82) is 0 Å². The van der Waals surface area contributed by atoms with Crippen LogP contribution in [0.4, 0.5) is 0 Å². The lowest BCUT2D eigenvalue weighted by Crippen LogP contribution is -2.23. The lowest BCUT2D eigenvalue weighted by Gasteiger charge is -2.17. The first-order valence-corrected chi connectivity index (χ1v) is 7.24. The first-order chi connectivity index (χ1) is 9.99. The predicted molar refractivity (Wildman–Crippen MR) is 82.0 cm³/mol. The SMILES string of the molecule is COCCNCc1cc(Br)c(OC(C)C(=O)O)c(OC)c1. The third-order valence-electron chi connectivity index (χ3n) is 2.74. The molecule has 1 aromatic carbocycles. The molecule has 0 bridgehead atoms. The third kappa shape index (κ3) is 5.53. The van der Waals surface area contributed by atoms with E-state index in [0.717, 1.165) is 12.1 Å². The van der Waals surface area contributed by atoms with Gasteiger partial charge < -0.3 is 24.6 Å². The van der Waals surface area contributed by atoms with E-state index in [9.17, 15) is 4.79 Å². The van der Waals surface area contributed by atoms with E-state index in [1.807, 2.05) is 12.1 Å². The molecule has 1 aromatic rings. The molecule has 0 aliphatic rings. The summed E-state index contributed by atoms with van der Waals surface area (Å²) in [6.45, 7) is 3.49. The van der Waals surface area contributed by atoms with Gasteiger partial charge in [0.15, 0.2) is 17.6 Å². The average molecular weight is 362 g/mol. The van der Waals surface area contributed by atoms with Crippen LogP contribution in [0, 0.1) is 0 Å². The number of hydrogen-bond acceptors (Lipinski definition) is 5. The molecule has 2 N–H and O–H groups in total. The molecule has 1 rings (SSSR count). The highest BCUT2D eigenvalue weighted by Gasteiger charge is 2.18. The third-order valence-corrected chi connectivity index (χ3v) is 3.33. The number of halogens is 1. The molecule has 0 saturated carbocycles. The van der Waals surface area contributed by atoms with Crippen molar-refractivity contribution < 1.29 is 24.1 Å². The van der Waals surface area contributed by atoms with Crippen LogP contribution in [0.15, 0.2) is 16.6 Å².